The lowest BCUT2D eigenvalue weighted by Gasteiger charge is -2.16. The second kappa shape index (κ2) is 6.72. The number of ether oxygens (including phenoxy) is 1. The van der Waals surface area contributed by atoms with Gasteiger partial charge in [0.05, 0.1) is 17.5 Å². The second-order valence-corrected chi connectivity index (χ2v) is 6.77. The summed E-state index contributed by atoms with van der Waals surface area (Å²) in [5.41, 5.74) is 8.59. The molecule has 0 saturated carbocycles. The SMILES string of the molecule is CC(C)Oc1ccc(C(N)=O)cc1NC1=Nc2c(ccc3ccncc23)C1. The van der Waals surface area contributed by atoms with Crippen LogP contribution in [0.25, 0.3) is 10.8 Å². The molecule has 6 nitrogen and oxygen atoms in total. The Morgan fingerprint density at radius 1 is 1.22 bits per heavy atom. The molecule has 0 saturated heterocycles. The molecule has 6 heteroatoms. The van der Waals surface area contributed by atoms with Crippen LogP contribution in [0.3, 0.4) is 0 Å². The van der Waals surface area contributed by atoms with Gasteiger partial charge in [-0.2, -0.15) is 0 Å². The molecule has 0 fully saturated rings. The van der Waals surface area contributed by atoms with Crippen LogP contribution in [0.1, 0.15) is 29.8 Å². The maximum atomic E-state index is 11.6. The predicted molar refractivity (Wildman–Crippen MR) is 107 cm³/mol. The number of pyridine rings is 1. The van der Waals surface area contributed by atoms with E-state index in [1.54, 1.807) is 24.4 Å². The minimum atomic E-state index is -0.483. The number of nitrogens with one attached hydrogen (secondary N) is 1. The Morgan fingerprint density at radius 3 is 2.85 bits per heavy atom. The highest BCUT2D eigenvalue weighted by Gasteiger charge is 2.19. The van der Waals surface area contributed by atoms with E-state index in [1.165, 1.54) is 0 Å². The largest absolute Gasteiger partial charge is 0.489 e. The molecule has 3 N–H and O–H groups in total. The van der Waals surface area contributed by atoms with Crippen molar-refractivity contribution in [3.8, 4) is 5.75 Å². The van der Waals surface area contributed by atoms with Gasteiger partial charge in [0, 0.05) is 29.8 Å². The molecule has 0 spiro atoms. The van der Waals surface area contributed by atoms with E-state index in [2.05, 4.69) is 22.4 Å². The summed E-state index contributed by atoms with van der Waals surface area (Å²) < 4.78 is 5.86. The molecule has 27 heavy (non-hydrogen) atoms. The fourth-order valence-electron chi connectivity index (χ4n) is 3.19. The van der Waals surface area contributed by atoms with E-state index in [-0.39, 0.29) is 6.10 Å². The van der Waals surface area contributed by atoms with Gasteiger partial charge in [-0.1, -0.05) is 12.1 Å². The van der Waals surface area contributed by atoms with Gasteiger partial charge in [-0.3, -0.25) is 9.78 Å². The number of carbonyl (C=O) groups is 1. The van der Waals surface area contributed by atoms with Crippen LogP contribution in [0, 0.1) is 0 Å². The molecule has 1 aliphatic rings. The van der Waals surface area contributed by atoms with Gasteiger partial charge in [0.15, 0.2) is 0 Å². The van der Waals surface area contributed by atoms with Gasteiger partial charge in [0.1, 0.15) is 11.6 Å². The Kier molecular flexibility index (Phi) is 4.24. The molecule has 2 aromatic carbocycles. The molecule has 1 amide bonds. The van der Waals surface area contributed by atoms with Crippen molar-refractivity contribution >= 4 is 33.9 Å². The van der Waals surface area contributed by atoms with Gasteiger partial charge in [-0.15, -0.1) is 0 Å². The van der Waals surface area contributed by atoms with Gasteiger partial charge in [-0.05, 0) is 49.1 Å². The number of hydrogen-bond acceptors (Lipinski definition) is 5. The summed E-state index contributed by atoms with van der Waals surface area (Å²) in [6.45, 7) is 3.90. The first kappa shape index (κ1) is 17.0. The molecule has 0 atom stereocenters. The number of amides is 1. The first-order valence-electron chi connectivity index (χ1n) is 8.82. The summed E-state index contributed by atoms with van der Waals surface area (Å²) in [6.07, 6.45) is 4.28. The zero-order valence-corrected chi connectivity index (χ0v) is 15.2. The van der Waals surface area contributed by atoms with E-state index < -0.39 is 5.91 Å². The second-order valence-electron chi connectivity index (χ2n) is 6.77. The third kappa shape index (κ3) is 3.33. The summed E-state index contributed by atoms with van der Waals surface area (Å²) in [6, 6.07) is 11.3. The summed E-state index contributed by atoms with van der Waals surface area (Å²) in [4.78, 5) is 20.5. The van der Waals surface area contributed by atoms with Crippen molar-refractivity contribution in [3.05, 3.63) is 59.9 Å². The van der Waals surface area contributed by atoms with Gasteiger partial charge in [0.2, 0.25) is 5.91 Å². The topological polar surface area (TPSA) is 89.6 Å². The van der Waals surface area contributed by atoms with Crippen LogP contribution in [0.2, 0.25) is 0 Å². The third-order valence-corrected chi connectivity index (χ3v) is 4.39. The predicted octanol–water partition coefficient (Wildman–Crippen LogP) is 3.82. The average Bonchev–Trinajstić information content (AvgIpc) is 3.05. The van der Waals surface area contributed by atoms with E-state index in [9.17, 15) is 4.79 Å². The highest BCUT2D eigenvalue weighted by molar-refractivity contribution is 6.08. The lowest BCUT2D eigenvalue weighted by Crippen LogP contribution is -2.16. The molecule has 136 valence electrons. The van der Waals surface area contributed by atoms with Crippen molar-refractivity contribution in [2.24, 2.45) is 10.7 Å². The fourth-order valence-corrected chi connectivity index (χ4v) is 3.19. The number of carbonyl (C=O) groups excluding carboxylic acids is 1. The lowest BCUT2D eigenvalue weighted by atomic mass is 10.1. The summed E-state index contributed by atoms with van der Waals surface area (Å²) >= 11 is 0. The molecular formula is C21H20N4O2. The van der Waals surface area contributed by atoms with E-state index >= 15 is 0 Å². The molecule has 2 heterocycles. The summed E-state index contributed by atoms with van der Waals surface area (Å²) in [5, 5.41) is 5.45. The average molecular weight is 360 g/mol. The molecule has 0 unspecified atom stereocenters. The number of hydrogen-bond donors (Lipinski definition) is 2. The molecule has 0 radical (unpaired) electrons. The number of nitrogens with zero attached hydrogens (tertiary/aromatic N) is 2. The van der Waals surface area contributed by atoms with Crippen molar-refractivity contribution in [1.82, 2.24) is 4.98 Å². The summed E-state index contributed by atoms with van der Waals surface area (Å²) in [7, 11) is 0. The van der Waals surface area contributed by atoms with Gasteiger partial charge < -0.3 is 15.8 Å². The Hall–Kier alpha value is -3.41. The maximum absolute atomic E-state index is 11.6. The zero-order valence-electron chi connectivity index (χ0n) is 15.2. The van der Waals surface area contributed by atoms with E-state index in [0.717, 1.165) is 27.9 Å². The van der Waals surface area contributed by atoms with Crippen LogP contribution in [0.4, 0.5) is 11.4 Å². The number of anilines is 1. The number of amidine groups is 1. The summed E-state index contributed by atoms with van der Waals surface area (Å²) in [5.74, 6) is 0.958. The minimum Gasteiger partial charge on any atom is -0.489 e. The van der Waals surface area contributed by atoms with Crippen LogP contribution in [-0.4, -0.2) is 22.8 Å². The molecular weight excluding hydrogens is 340 g/mol. The number of rotatable bonds is 4. The Morgan fingerprint density at radius 2 is 2.07 bits per heavy atom. The molecule has 3 aromatic rings. The molecule has 4 rings (SSSR count). The number of nitrogens with two attached hydrogens (primary N) is 1. The Labute approximate surface area is 157 Å². The smallest absolute Gasteiger partial charge is 0.248 e. The molecule has 0 bridgehead atoms. The zero-order chi connectivity index (χ0) is 19.0. The Balaban J connectivity index is 1.70. The van der Waals surface area contributed by atoms with E-state index in [0.29, 0.717) is 23.4 Å². The van der Waals surface area contributed by atoms with Crippen LogP contribution in [0.15, 0.2) is 53.8 Å². The quantitative estimate of drug-likeness (QED) is 0.740. The number of aromatic nitrogens is 1. The van der Waals surface area contributed by atoms with Gasteiger partial charge in [0.25, 0.3) is 0 Å². The highest BCUT2D eigenvalue weighted by atomic mass is 16.5. The standard InChI is InChI=1S/C21H20N4O2/c1-12(2)27-18-6-5-15(21(22)26)9-17(18)24-19-10-14-4-3-13-7-8-23-11-16(13)20(14)25-19/h3-9,11-12H,10H2,1-2H3,(H2,22,26)(H,24,25). The number of benzene rings is 2. The number of aliphatic imine (C=N–C) groups is 1. The first-order valence-corrected chi connectivity index (χ1v) is 8.82. The first-order chi connectivity index (χ1) is 13.0. The van der Waals surface area contributed by atoms with Crippen LogP contribution < -0.4 is 15.8 Å². The van der Waals surface area contributed by atoms with Crippen molar-refractivity contribution in [2.45, 2.75) is 26.4 Å². The fraction of sp³-hybridized carbons (Fsp3) is 0.190. The minimum absolute atomic E-state index is 0.00251. The normalized spacial score (nSPS) is 12.8. The molecule has 1 aromatic heterocycles. The lowest BCUT2D eigenvalue weighted by molar-refractivity contribution is 0.100. The highest BCUT2D eigenvalue weighted by Crippen LogP contribution is 2.35. The van der Waals surface area contributed by atoms with Crippen molar-refractivity contribution in [1.29, 1.82) is 0 Å². The van der Waals surface area contributed by atoms with Gasteiger partial charge in [-0.25, -0.2) is 4.99 Å². The van der Waals surface area contributed by atoms with Crippen LogP contribution in [-0.2, 0) is 6.42 Å². The molecule has 0 aliphatic carbocycles. The van der Waals surface area contributed by atoms with Crippen LogP contribution >= 0.6 is 0 Å². The van der Waals surface area contributed by atoms with E-state index in [4.69, 9.17) is 15.5 Å². The van der Waals surface area contributed by atoms with Crippen molar-refractivity contribution in [3.63, 3.8) is 0 Å². The third-order valence-electron chi connectivity index (χ3n) is 4.39. The van der Waals surface area contributed by atoms with E-state index in [1.807, 2.05) is 26.1 Å². The number of fused-ring (bicyclic) bond motifs is 3. The number of primary amides is 1. The van der Waals surface area contributed by atoms with Crippen LogP contribution in [0.5, 0.6) is 5.75 Å². The van der Waals surface area contributed by atoms with Gasteiger partial charge >= 0.3 is 0 Å². The Bertz CT molecular complexity index is 1070. The van der Waals surface area contributed by atoms with Crippen molar-refractivity contribution < 1.29 is 9.53 Å². The molecule has 1 aliphatic heterocycles. The maximum Gasteiger partial charge on any atom is 0.248 e. The monoisotopic (exact) mass is 360 g/mol. The van der Waals surface area contributed by atoms with Crippen molar-refractivity contribution in [2.75, 3.05) is 5.32 Å².